The van der Waals surface area contributed by atoms with Gasteiger partial charge in [-0.3, -0.25) is 4.90 Å². The van der Waals surface area contributed by atoms with Crippen LogP contribution in [0.1, 0.15) is 34.1 Å². The van der Waals surface area contributed by atoms with Crippen molar-refractivity contribution in [3.63, 3.8) is 0 Å². The van der Waals surface area contributed by atoms with Crippen LogP contribution in [0.2, 0.25) is 0 Å². The van der Waals surface area contributed by atoms with E-state index in [1.54, 1.807) is 4.90 Å². The molecule has 0 amide bonds. The quantitative estimate of drug-likeness (QED) is 0.726. The highest BCUT2D eigenvalue weighted by Crippen LogP contribution is 2.26. The molecule has 0 spiro atoms. The van der Waals surface area contributed by atoms with Crippen LogP contribution in [0.25, 0.3) is 0 Å². The van der Waals surface area contributed by atoms with E-state index in [2.05, 4.69) is 13.8 Å². The summed E-state index contributed by atoms with van der Waals surface area (Å²) in [7, 11) is 0. The maximum absolute atomic E-state index is 12.9. The normalized spacial score (nSPS) is 21.9. The lowest BCUT2D eigenvalue weighted by Gasteiger charge is -2.30. The predicted molar refractivity (Wildman–Crippen MR) is 60.9 cm³/mol. The summed E-state index contributed by atoms with van der Waals surface area (Å²) in [6, 6.07) is 0. The molecule has 0 aliphatic carbocycles. The number of likely N-dealkylation sites (tertiary alicyclic amines) is 1. The summed E-state index contributed by atoms with van der Waals surface area (Å²) in [5.74, 6) is -2.07. The summed E-state index contributed by atoms with van der Waals surface area (Å²) in [4.78, 5) is 1.77. The zero-order valence-corrected chi connectivity index (χ0v) is 10.7. The van der Waals surface area contributed by atoms with Gasteiger partial charge in [-0.1, -0.05) is 13.8 Å². The fourth-order valence-electron chi connectivity index (χ4n) is 1.60. The lowest BCUT2D eigenvalue weighted by Crippen LogP contribution is -2.35. The molecular weight excluding hydrogens is 212 g/mol. The van der Waals surface area contributed by atoms with Gasteiger partial charge in [-0.2, -0.15) is 0 Å². The molecule has 0 aromatic heterocycles. The average molecular weight is 235 g/mol. The molecule has 0 atom stereocenters. The molecule has 1 fully saturated rings. The maximum Gasteiger partial charge on any atom is 0.261 e. The van der Waals surface area contributed by atoms with E-state index < -0.39 is 5.92 Å². The van der Waals surface area contributed by atoms with Crippen molar-refractivity contribution in [3.05, 3.63) is 0 Å². The van der Waals surface area contributed by atoms with Gasteiger partial charge in [0.05, 0.1) is 18.8 Å². The second-order valence-corrected chi connectivity index (χ2v) is 5.49. The molecule has 0 aromatic carbocycles. The Bertz CT molecular complexity index is 229. The van der Waals surface area contributed by atoms with Gasteiger partial charge >= 0.3 is 0 Å². The second kappa shape index (κ2) is 4.96. The Kier molecular flexibility index (Phi) is 4.29. The standard InChI is InChI=1S/C12H23F2NO/c1-10(2)11(3,4)16-8-7-15-6-5-12(13,14)9-15/h10H,5-9H2,1-4H3. The van der Waals surface area contributed by atoms with Crippen molar-refractivity contribution < 1.29 is 13.5 Å². The monoisotopic (exact) mass is 235 g/mol. The highest BCUT2D eigenvalue weighted by molar-refractivity contribution is 4.81. The molecule has 0 bridgehead atoms. The van der Waals surface area contributed by atoms with E-state index in [1.165, 1.54) is 0 Å². The van der Waals surface area contributed by atoms with Gasteiger partial charge in [-0.15, -0.1) is 0 Å². The van der Waals surface area contributed by atoms with Crippen LogP contribution >= 0.6 is 0 Å². The molecule has 16 heavy (non-hydrogen) atoms. The van der Waals surface area contributed by atoms with Crippen molar-refractivity contribution in [3.8, 4) is 0 Å². The zero-order chi connectivity index (χ0) is 12.4. The Morgan fingerprint density at radius 3 is 2.44 bits per heavy atom. The number of hydrogen-bond acceptors (Lipinski definition) is 2. The summed E-state index contributed by atoms with van der Waals surface area (Å²) in [5.41, 5.74) is -0.178. The number of rotatable bonds is 5. The van der Waals surface area contributed by atoms with Crippen molar-refractivity contribution in [1.82, 2.24) is 4.90 Å². The first kappa shape index (κ1) is 13.8. The third kappa shape index (κ3) is 3.98. The number of nitrogens with zero attached hydrogens (tertiary/aromatic N) is 1. The topological polar surface area (TPSA) is 12.5 Å². The van der Waals surface area contributed by atoms with Crippen molar-refractivity contribution in [2.45, 2.75) is 45.6 Å². The third-order valence-electron chi connectivity index (χ3n) is 3.52. The Balaban J connectivity index is 2.22. The van der Waals surface area contributed by atoms with Crippen LogP contribution in [0.3, 0.4) is 0 Å². The number of alkyl halides is 2. The Morgan fingerprint density at radius 2 is 2.00 bits per heavy atom. The summed E-state index contributed by atoms with van der Waals surface area (Å²) >= 11 is 0. The molecule has 0 N–H and O–H groups in total. The average Bonchev–Trinajstić information content (AvgIpc) is 2.45. The van der Waals surface area contributed by atoms with Crippen LogP contribution in [0, 0.1) is 5.92 Å². The predicted octanol–water partition coefficient (Wildman–Crippen LogP) is 2.78. The molecule has 0 unspecified atom stereocenters. The lowest BCUT2D eigenvalue weighted by molar-refractivity contribution is -0.0581. The molecule has 96 valence electrons. The second-order valence-electron chi connectivity index (χ2n) is 5.49. The molecule has 1 rings (SSSR count). The van der Waals surface area contributed by atoms with Crippen molar-refractivity contribution in [2.24, 2.45) is 5.92 Å². The smallest absolute Gasteiger partial charge is 0.261 e. The van der Waals surface area contributed by atoms with Crippen molar-refractivity contribution in [2.75, 3.05) is 26.2 Å². The van der Waals surface area contributed by atoms with Gasteiger partial charge in [0, 0.05) is 19.5 Å². The molecule has 2 nitrogen and oxygen atoms in total. The van der Waals surface area contributed by atoms with Crippen LogP contribution in [-0.4, -0.2) is 42.7 Å². The minimum Gasteiger partial charge on any atom is -0.374 e. The van der Waals surface area contributed by atoms with E-state index in [0.717, 1.165) is 0 Å². The molecule has 0 aromatic rings. The molecule has 1 heterocycles. The summed E-state index contributed by atoms with van der Waals surface area (Å²) < 4.78 is 31.5. The Hall–Kier alpha value is -0.220. The SMILES string of the molecule is CC(C)C(C)(C)OCCN1CCC(F)(F)C1. The first-order valence-electron chi connectivity index (χ1n) is 5.97. The molecule has 0 saturated carbocycles. The van der Waals surface area contributed by atoms with Crippen molar-refractivity contribution >= 4 is 0 Å². The lowest BCUT2D eigenvalue weighted by atomic mass is 9.95. The molecular formula is C12H23F2NO. The van der Waals surface area contributed by atoms with Gasteiger partial charge < -0.3 is 4.74 Å². The van der Waals surface area contributed by atoms with Crippen molar-refractivity contribution in [1.29, 1.82) is 0 Å². The molecule has 1 aliphatic heterocycles. The fraction of sp³-hybridized carbons (Fsp3) is 1.00. The molecule has 4 heteroatoms. The van der Waals surface area contributed by atoms with E-state index in [9.17, 15) is 8.78 Å². The highest BCUT2D eigenvalue weighted by atomic mass is 19.3. The molecule has 1 aliphatic rings. The van der Waals surface area contributed by atoms with Crippen LogP contribution in [-0.2, 0) is 4.74 Å². The largest absolute Gasteiger partial charge is 0.374 e. The summed E-state index contributed by atoms with van der Waals surface area (Å²) in [6.07, 6.45) is -0.0133. The van der Waals surface area contributed by atoms with Crippen LogP contribution in [0.15, 0.2) is 0 Å². The van der Waals surface area contributed by atoms with Crippen LogP contribution in [0.4, 0.5) is 8.78 Å². The minimum absolute atomic E-state index is 0.0133. The molecule has 1 saturated heterocycles. The van der Waals surface area contributed by atoms with Gasteiger partial charge in [-0.05, 0) is 19.8 Å². The number of halogens is 2. The molecule has 0 radical (unpaired) electrons. The highest BCUT2D eigenvalue weighted by Gasteiger charge is 2.37. The summed E-state index contributed by atoms with van der Waals surface area (Å²) in [5, 5.41) is 0. The van der Waals surface area contributed by atoms with Gasteiger partial charge in [0.25, 0.3) is 5.92 Å². The van der Waals surface area contributed by atoms with Gasteiger partial charge in [0.1, 0.15) is 0 Å². The van der Waals surface area contributed by atoms with E-state index in [4.69, 9.17) is 4.74 Å². The maximum atomic E-state index is 12.9. The van der Waals surface area contributed by atoms with Crippen LogP contribution < -0.4 is 0 Å². The first-order chi connectivity index (χ1) is 7.23. The number of hydrogen-bond donors (Lipinski definition) is 0. The Morgan fingerprint density at radius 1 is 1.38 bits per heavy atom. The van der Waals surface area contributed by atoms with E-state index in [0.29, 0.717) is 25.6 Å². The van der Waals surface area contributed by atoms with Gasteiger partial charge in [-0.25, -0.2) is 8.78 Å². The number of ether oxygens (including phenoxy) is 1. The third-order valence-corrected chi connectivity index (χ3v) is 3.52. The first-order valence-corrected chi connectivity index (χ1v) is 5.97. The van der Waals surface area contributed by atoms with E-state index in [-0.39, 0.29) is 18.6 Å². The van der Waals surface area contributed by atoms with E-state index in [1.807, 2.05) is 13.8 Å². The zero-order valence-electron chi connectivity index (χ0n) is 10.7. The van der Waals surface area contributed by atoms with E-state index >= 15 is 0 Å². The van der Waals surface area contributed by atoms with Gasteiger partial charge in [0.15, 0.2) is 0 Å². The van der Waals surface area contributed by atoms with Crippen LogP contribution in [0.5, 0.6) is 0 Å². The Labute approximate surface area is 97.0 Å². The van der Waals surface area contributed by atoms with Gasteiger partial charge in [0.2, 0.25) is 0 Å². The fourth-order valence-corrected chi connectivity index (χ4v) is 1.60. The summed E-state index contributed by atoms with van der Waals surface area (Å²) in [6.45, 7) is 9.78. The minimum atomic E-state index is -2.49.